The van der Waals surface area contributed by atoms with Gasteiger partial charge in [0, 0.05) is 11.7 Å². The molecule has 2 N–H and O–H groups in total. The highest BCUT2D eigenvalue weighted by Gasteiger charge is 2.09. The highest BCUT2D eigenvalue weighted by atomic mass is 16.4. The van der Waals surface area contributed by atoms with Crippen LogP contribution in [0.25, 0.3) is 0 Å². The molecular formula is C16H21NO2. The summed E-state index contributed by atoms with van der Waals surface area (Å²) in [7, 11) is 0. The lowest BCUT2D eigenvalue weighted by molar-refractivity contribution is 0.0697. The monoisotopic (exact) mass is 259 g/mol. The molecule has 1 aromatic rings. The average Bonchev–Trinajstić information content (AvgIpc) is 2.53. The van der Waals surface area contributed by atoms with Crippen molar-refractivity contribution in [2.75, 3.05) is 5.32 Å². The van der Waals surface area contributed by atoms with Crippen LogP contribution in [0.5, 0.6) is 0 Å². The van der Waals surface area contributed by atoms with E-state index in [9.17, 15) is 4.79 Å². The van der Waals surface area contributed by atoms with Crippen molar-refractivity contribution in [3.05, 3.63) is 42.0 Å². The molecule has 0 saturated carbocycles. The number of hydrogen-bond acceptors (Lipinski definition) is 2. The van der Waals surface area contributed by atoms with E-state index in [0.717, 1.165) is 12.1 Å². The molecule has 0 amide bonds. The van der Waals surface area contributed by atoms with Crippen molar-refractivity contribution in [1.29, 1.82) is 0 Å². The number of carboxylic acids is 1. The van der Waals surface area contributed by atoms with Gasteiger partial charge >= 0.3 is 5.97 Å². The molecule has 1 unspecified atom stereocenters. The average molecular weight is 259 g/mol. The minimum atomic E-state index is -0.878. The standard InChI is InChI=1S/C16H21NO2/c18-16(19)13-9-11-15(12-10-13)17-14-7-5-3-1-2-4-6-8-14/h3,5,9-12,14,17H,1-2,4,6-8H2,(H,18,19)/b5-3+. The molecule has 0 aliphatic heterocycles. The lowest BCUT2D eigenvalue weighted by atomic mass is 10.1. The summed E-state index contributed by atoms with van der Waals surface area (Å²) in [5.74, 6) is -0.878. The Labute approximate surface area is 114 Å². The largest absolute Gasteiger partial charge is 0.478 e. The van der Waals surface area contributed by atoms with Crippen LogP contribution in [0.15, 0.2) is 36.4 Å². The van der Waals surface area contributed by atoms with Crippen molar-refractivity contribution in [2.45, 2.75) is 44.6 Å². The fourth-order valence-electron chi connectivity index (χ4n) is 2.40. The predicted molar refractivity (Wildman–Crippen MR) is 77.7 cm³/mol. The van der Waals surface area contributed by atoms with Crippen LogP contribution in [-0.4, -0.2) is 17.1 Å². The van der Waals surface area contributed by atoms with Crippen molar-refractivity contribution in [3.63, 3.8) is 0 Å². The van der Waals surface area contributed by atoms with Gasteiger partial charge in [0.1, 0.15) is 0 Å². The zero-order valence-corrected chi connectivity index (χ0v) is 11.1. The zero-order valence-electron chi connectivity index (χ0n) is 11.1. The second-order valence-corrected chi connectivity index (χ2v) is 5.07. The van der Waals surface area contributed by atoms with Gasteiger partial charge in [-0.3, -0.25) is 0 Å². The number of rotatable bonds is 3. The Morgan fingerprint density at radius 2 is 1.89 bits per heavy atom. The first kappa shape index (κ1) is 13.7. The number of carbonyl (C=O) groups is 1. The Balaban J connectivity index is 1.96. The smallest absolute Gasteiger partial charge is 0.335 e. The normalized spacial score (nSPS) is 21.8. The minimum absolute atomic E-state index is 0.333. The maximum absolute atomic E-state index is 10.8. The first-order valence-corrected chi connectivity index (χ1v) is 7.00. The second-order valence-electron chi connectivity index (χ2n) is 5.07. The second kappa shape index (κ2) is 6.98. The third-order valence-corrected chi connectivity index (χ3v) is 3.51. The molecule has 19 heavy (non-hydrogen) atoms. The molecule has 0 heterocycles. The highest BCUT2D eigenvalue weighted by Crippen LogP contribution is 2.18. The Kier molecular flexibility index (Phi) is 5.01. The number of hydrogen-bond donors (Lipinski definition) is 2. The summed E-state index contributed by atoms with van der Waals surface area (Å²) < 4.78 is 0. The molecule has 102 valence electrons. The van der Waals surface area contributed by atoms with Crippen LogP contribution in [0, 0.1) is 0 Å². The van der Waals surface area contributed by atoms with Crippen molar-refractivity contribution < 1.29 is 9.90 Å². The molecule has 3 nitrogen and oxygen atoms in total. The van der Waals surface area contributed by atoms with Crippen LogP contribution in [0.4, 0.5) is 5.69 Å². The molecular weight excluding hydrogens is 238 g/mol. The first-order chi connectivity index (χ1) is 9.25. The van der Waals surface area contributed by atoms with Crippen LogP contribution in [-0.2, 0) is 0 Å². The maximum Gasteiger partial charge on any atom is 0.335 e. The molecule has 0 aromatic heterocycles. The SMILES string of the molecule is O=C(O)c1ccc(NC2C/C=C/CCCCC2)cc1. The Morgan fingerprint density at radius 1 is 1.11 bits per heavy atom. The number of allylic oxidation sites excluding steroid dienone is 1. The van der Waals surface area contributed by atoms with E-state index >= 15 is 0 Å². The van der Waals surface area contributed by atoms with Crippen LogP contribution in [0.1, 0.15) is 48.9 Å². The number of carboxylic acid groups (broad SMARTS) is 1. The van der Waals surface area contributed by atoms with Crippen LogP contribution in [0.2, 0.25) is 0 Å². The molecule has 3 heteroatoms. The van der Waals surface area contributed by atoms with E-state index in [1.807, 2.05) is 12.1 Å². The van der Waals surface area contributed by atoms with E-state index in [2.05, 4.69) is 17.5 Å². The van der Waals surface area contributed by atoms with Crippen molar-refractivity contribution in [3.8, 4) is 0 Å². The van der Waals surface area contributed by atoms with E-state index in [1.54, 1.807) is 12.1 Å². The Morgan fingerprint density at radius 3 is 2.63 bits per heavy atom. The highest BCUT2D eigenvalue weighted by molar-refractivity contribution is 5.87. The summed E-state index contributed by atoms with van der Waals surface area (Å²) in [6.07, 6.45) is 11.8. The van der Waals surface area contributed by atoms with Crippen LogP contribution >= 0.6 is 0 Å². The fraction of sp³-hybridized carbons (Fsp3) is 0.438. The topological polar surface area (TPSA) is 49.3 Å². The van der Waals surface area contributed by atoms with E-state index < -0.39 is 5.97 Å². The summed E-state index contributed by atoms with van der Waals surface area (Å²) >= 11 is 0. The summed E-state index contributed by atoms with van der Waals surface area (Å²) in [6, 6.07) is 7.44. The first-order valence-electron chi connectivity index (χ1n) is 7.00. The van der Waals surface area contributed by atoms with E-state index in [-0.39, 0.29) is 0 Å². The molecule has 0 fully saturated rings. The third kappa shape index (κ3) is 4.43. The molecule has 1 atom stereocenters. The van der Waals surface area contributed by atoms with Crippen molar-refractivity contribution >= 4 is 11.7 Å². The molecule has 0 spiro atoms. The van der Waals surface area contributed by atoms with Crippen molar-refractivity contribution in [1.82, 2.24) is 0 Å². The van der Waals surface area contributed by atoms with Gasteiger partial charge in [-0.15, -0.1) is 0 Å². The van der Waals surface area contributed by atoms with E-state index in [0.29, 0.717) is 11.6 Å². The van der Waals surface area contributed by atoms with Gasteiger partial charge in [0.2, 0.25) is 0 Å². The van der Waals surface area contributed by atoms with Crippen LogP contribution < -0.4 is 5.32 Å². The molecule has 0 saturated heterocycles. The number of aromatic carboxylic acids is 1. The Bertz CT molecular complexity index is 437. The summed E-state index contributed by atoms with van der Waals surface area (Å²) in [6.45, 7) is 0. The number of anilines is 1. The van der Waals surface area contributed by atoms with E-state index in [1.165, 1.54) is 32.1 Å². The lowest BCUT2D eigenvalue weighted by Gasteiger charge is -2.18. The molecule has 0 bridgehead atoms. The lowest BCUT2D eigenvalue weighted by Crippen LogP contribution is -2.18. The van der Waals surface area contributed by atoms with Gasteiger partial charge < -0.3 is 10.4 Å². The molecule has 0 radical (unpaired) electrons. The number of benzene rings is 1. The van der Waals surface area contributed by atoms with Gasteiger partial charge in [0.25, 0.3) is 0 Å². The van der Waals surface area contributed by atoms with Gasteiger partial charge in [-0.25, -0.2) is 4.79 Å². The van der Waals surface area contributed by atoms with Gasteiger partial charge in [0.05, 0.1) is 5.56 Å². The predicted octanol–water partition coefficient (Wildman–Crippen LogP) is 4.08. The summed E-state index contributed by atoms with van der Waals surface area (Å²) in [5, 5.41) is 12.4. The quantitative estimate of drug-likeness (QED) is 0.804. The van der Waals surface area contributed by atoms with Gasteiger partial charge in [-0.1, -0.05) is 25.0 Å². The molecule has 1 aliphatic carbocycles. The van der Waals surface area contributed by atoms with Gasteiger partial charge in [-0.2, -0.15) is 0 Å². The number of nitrogens with one attached hydrogen (secondary N) is 1. The Hall–Kier alpha value is -1.77. The summed E-state index contributed by atoms with van der Waals surface area (Å²) in [4.78, 5) is 10.8. The minimum Gasteiger partial charge on any atom is -0.478 e. The molecule has 1 aromatic carbocycles. The van der Waals surface area contributed by atoms with Gasteiger partial charge in [0.15, 0.2) is 0 Å². The van der Waals surface area contributed by atoms with Gasteiger partial charge in [-0.05, 0) is 49.9 Å². The van der Waals surface area contributed by atoms with Crippen molar-refractivity contribution in [2.24, 2.45) is 0 Å². The molecule has 1 aliphatic rings. The third-order valence-electron chi connectivity index (χ3n) is 3.51. The molecule has 2 rings (SSSR count). The summed E-state index contributed by atoms with van der Waals surface area (Å²) in [5.41, 5.74) is 1.34. The maximum atomic E-state index is 10.8. The zero-order chi connectivity index (χ0) is 13.5. The van der Waals surface area contributed by atoms with Crippen LogP contribution in [0.3, 0.4) is 0 Å². The van der Waals surface area contributed by atoms with E-state index in [4.69, 9.17) is 5.11 Å². The fourth-order valence-corrected chi connectivity index (χ4v) is 2.40.